The Labute approximate surface area is 148 Å². The molecule has 0 amide bonds. The lowest BCUT2D eigenvalue weighted by atomic mass is 9.94. The Balaban J connectivity index is 0.00000208. The molecule has 3 rings (SSSR count). The van der Waals surface area contributed by atoms with Gasteiger partial charge in [0, 0.05) is 38.3 Å². The Bertz CT molecular complexity index is 543. The smallest absolute Gasteiger partial charge is 0.148 e. The maximum Gasteiger partial charge on any atom is 0.148 e. The number of rotatable bonds is 4. The average molecular weight is 357 g/mol. The van der Waals surface area contributed by atoms with E-state index in [1.54, 1.807) is 12.1 Å². The molecule has 1 saturated carbocycles. The molecule has 1 heterocycles. The zero-order chi connectivity index (χ0) is 16.1. The van der Waals surface area contributed by atoms with E-state index in [4.69, 9.17) is 5.21 Å². The summed E-state index contributed by atoms with van der Waals surface area (Å²) in [5.74, 6) is -0.260. The number of aliphatic imine (C=N–C) groups is 1. The van der Waals surface area contributed by atoms with Crippen LogP contribution in [0, 0.1) is 5.82 Å². The summed E-state index contributed by atoms with van der Waals surface area (Å²) in [6.45, 7) is 3.76. The summed E-state index contributed by atoms with van der Waals surface area (Å²) in [6, 6.07) is 5.67. The van der Waals surface area contributed by atoms with Gasteiger partial charge in [-0.2, -0.15) is 0 Å². The van der Waals surface area contributed by atoms with Crippen LogP contribution in [0.25, 0.3) is 0 Å². The van der Waals surface area contributed by atoms with Gasteiger partial charge in [-0.15, -0.1) is 12.4 Å². The summed E-state index contributed by atoms with van der Waals surface area (Å²) in [7, 11) is 0. The summed E-state index contributed by atoms with van der Waals surface area (Å²) in [5, 5.41) is 8.48. The molecule has 1 aromatic rings. The molecule has 1 aliphatic carbocycles. The number of hydrogen-bond donors (Lipinski definition) is 2. The standard InChI is InChI=1S/C17H25FN4O.ClH/c18-16-12-14(19-13-20-23)6-7-17(16)22-10-8-21(9-11-22)15-4-2-1-3-5-15;/h6-7,12-13,15,23H,1-5,8-11H2,(H,19,20);1H. The molecule has 0 aromatic heterocycles. The van der Waals surface area contributed by atoms with Gasteiger partial charge in [-0.05, 0) is 25.0 Å². The van der Waals surface area contributed by atoms with Crippen LogP contribution in [0.2, 0.25) is 0 Å². The topological polar surface area (TPSA) is 51.1 Å². The third kappa shape index (κ3) is 4.59. The van der Waals surface area contributed by atoms with Crippen molar-refractivity contribution in [3.63, 3.8) is 0 Å². The summed E-state index contributed by atoms with van der Waals surface area (Å²) in [6.07, 6.45) is 7.84. The molecular formula is C17H26ClFN4O. The summed E-state index contributed by atoms with van der Waals surface area (Å²) < 4.78 is 14.3. The fourth-order valence-corrected chi connectivity index (χ4v) is 3.71. The van der Waals surface area contributed by atoms with Crippen molar-refractivity contribution >= 4 is 30.1 Å². The molecule has 2 aliphatic rings. The molecule has 1 aromatic carbocycles. The van der Waals surface area contributed by atoms with Gasteiger partial charge in [-0.1, -0.05) is 19.3 Å². The first-order chi connectivity index (χ1) is 11.3. The maximum atomic E-state index is 14.3. The maximum absolute atomic E-state index is 14.3. The zero-order valence-corrected chi connectivity index (χ0v) is 14.6. The van der Waals surface area contributed by atoms with Crippen molar-refractivity contribution in [2.75, 3.05) is 31.1 Å². The molecule has 0 bridgehead atoms. The van der Waals surface area contributed by atoms with Gasteiger partial charge in [0.15, 0.2) is 0 Å². The quantitative estimate of drug-likeness (QED) is 0.493. The summed E-state index contributed by atoms with van der Waals surface area (Å²) in [4.78, 5) is 8.59. The van der Waals surface area contributed by atoms with Crippen molar-refractivity contribution in [2.24, 2.45) is 4.99 Å². The molecule has 2 N–H and O–H groups in total. The van der Waals surface area contributed by atoms with Crippen molar-refractivity contribution in [3.8, 4) is 0 Å². The minimum Gasteiger partial charge on any atom is -0.367 e. The fraction of sp³-hybridized carbons (Fsp3) is 0.588. The Hall–Kier alpha value is -1.37. The van der Waals surface area contributed by atoms with Crippen molar-refractivity contribution in [3.05, 3.63) is 24.0 Å². The normalized spacial score (nSPS) is 20.2. The van der Waals surface area contributed by atoms with Crippen LogP contribution < -0.4 is 10.4 Å². The number of hydroxylamine groups is 1. The molecule has 1 saturated heterocycles. The van der Waals surface area contributed by atoms with E-state index in [1.807, 2.05) is 5.48 Å². The van der Waals surface area contributed by atoms with Crippen LogP contribution in [-0.4, -0.2) is 48.7 Å². The Kier molecular flexibility index (Phi) is 7.27. The Morgan fingerprint density at radius 3 is 2.46 bits per heavy atom. The molecule has 0 atom stereocenters. The number of halogens is 2. The van der Waals surface area contributed by atoms with Crippen LogP contribution in [0.4, 0.5) is 15.8 Å². The number of anilines is 1. The second-order valence-electron chi connectivity index (χ2n) is 6.34. The number of nitrogens with one attached hydrogen (secondary N) is 1. The van der Waals surface area contributed by atoms with E-state index < -0.39 is 0 Å². The molecule has 7 heteroatoms. The van der Waals surface area contributed by atoms with Crippen LogP contribution in [-0.2, 0) is 0 Å². The largest absolute Gasteiger partial charge is 0.367 e. The van der Waals surface area contributed by atoms with E-state index in [2.05, 4.69) is 14.8 Å². The minimum absolute atomic E-state index is 0. The molecule has 0 radical (unpaired) electrons. The van der Waals surface area contributed by atoms with E-state index in [9.17, 15) is 4.39 Å². The van der Waals surface area contributed by atoms with Crippen LogP contribution in [0.3, 0.4) is 0 Å². The number of hydrogen-bond acceptors (Lipinski definition) is 4. The van der Waals surface area contributed by atoms with Gasteiger partial charge < -0.3 is 4.90 Å². The molecule has 0 spiro atoms. The van der Waals surface area contributed by atoms with E-state index in [0.29, 0.717) is 11.4 Å². The van der Waals surface area contributed by atoms with Crippen LogP contribution in [0.5, 0.6) is 0 Å². The highest BCUT2D eigenvalue weighted by Gasteiger charge is 2.26. The first-order valence-corrected chi connectivity index (χ1v) is 8.48. The van der Waals surface area contributed by atoms with Crippen molar-refractivity contribution in [2.45, 2.75) is 38.1 Å². The zero-order valence-electron chi connectivity index (χ0n) is 13.8. The predicted molar refractivity (Wildman–Crippen MR) is 97.4 cm³/mol. The van der Waals surface area contributed by atoms with Crippen LogP contribution >= 0.6 is 12.4 Å². The molecular weight excluding hydrogens is 331 g/mol. The first-order valence-electron chi connectivity index (χ1n) is 8.48. The van der Waals surface area contributed by atoms with Crippen molar-refractivity contribution in [1.29, 1.82) is 0 Å². The Morgan fingerprint density at radius 1 is 1.12 bits per heavy atom. The van der Waals surface area contributed by atoms with Crippen LogP contribution in [0.15, 0.2) is 23.2 Å². The highest BCUT2D eigenvalue weighted by Crippen LogP contribution is 2.27. The molecule has 1 aliphatic heterocycles. The molecule has 0 unspecified atom stereocenters. The Morgan fingerprint density at radius 2 is 1.83 bits per heavy atom. The highest BCUT2D eigenvalue weighted by atomic mass is 35.5. The van der Waals surface area contributed by atoms with Crippen molar-refractivity contribution in [1.82, 2.24) is 10.4 Å². The van der Waals surface area contributed by atoms with Gasteiger partial charge in [-0.3, -0.25) is 15.6 Å². The van der Waals surface area contributed by atoms with Gasteiger partial charge in [0.05, 0.1) is 11.4 Å². The fourth-order valence-electron chi connectivity index (χ4n) is 3.71. The summed E-state index contributed by atoms with van der Waals surface area (Å²) in [5.41, 5.74) is 2.94. The third-order valence-corrected chi connectivity index (χ3v) is 4.95. The summed E-state index contributed by atoms with van der Waals surface area (Å²) >= 11 is 0. The monoisotopic (exact) mass is 356 g/mol. The van der Waals surface area contributed by atoms with E-state index in [1.165, 1.54) is 38.2 Å². The minimum atomic E-state index is -0.260. The predicted octanol–water partition coefficient (Wildman–Crippen LogP) is 3.34. The molecule has 134 valence electrons. The highest BCUT2D eigenvalue weighted by molar-refractivity contribution is 5.85. The van der Waals surface area contributed by atoms with Gasteiger partial charge in [-0.25, -0.2) is 9.38 Å². The van der Waals surface area contributed by atoms with E-state index in [-0.39, 0.29) is 18.2 Å². The lowest BCUT2D eigenvalue weighted by molar-refractivity contribution is 0.147. The van der Waals surface area contributed by atoms with Crippen molar-refractivity contribution < 1.29 is 9.60 Å². The lowest BCUT2D eigenvalue weighted by Gasteiger charge is -2.41. The van der Waals surface area contributed by atoms with E-state index >= 15 is 0 Å². The lowest BCUT2D eigenvalue weighted by Crippen LogP contribution is -2.51. The van der Waals surface area contributed by atoms with Gasteiger partial charge in [0.1, 0.15) is 12.2 Å². The second kappa shape index (κ2) is 9.20. The molecule has 24 heavy (non-hydrogen) atoms. The third-order valence-electron chi connectivity index (χ3n) is 4.95. The van der Waals surface area contributed by atoms with E-state index in [0.717, 1.165) is 38.6 Å². The van der Waals surface area contributed by atoms with Gasteiger partial charge >= 0.3 is 0 Å². The second-order valence-corrected chi connectivity index (χ2v) is 6.34. The number of benzene rings is 1. The molecule has 2 fully saturated rings. The SMILES string of the molecule is Cl.ONC=Nc1ccc(N2CCN(C3CCCCC3)CC2)c(F)c1. The average Bonchev–Trinajstić information content (AvgIpc) is 2.61. The number of piperazine rings is 1. The number of nitrogens with zero attached hydrogens (tertiary/aromatic N) is 3. The van der Waals surface area contributed by atoms with Gasteiger partial charge in [0.25, 0.3) is 0 Å². The molecule has 5 nitrogen and oxygen atoms in total. The van der Waals surface area contributed by atoms with Gasteiger partial charge in [0.2, 0.25) is 0 Å². The first kappa shape index (κ1) is 19.0. The van der Waals surface area contributed by atoms with Crippen LogP contribution in [0.1, 0.15) is 32.1 Å².